The van der Waals surface area contributed by atoms with Gasteiger partial charge < -0.3 is 20.7 Å². The van der Waals surface area contributed by atoms with Crippen LogP contribution >= 0.6 is 0 Å². The Balaban J connectivity index is 1.77. The number of unbranched alkanes of at least 4 members (excludes halogenated alkanes) is 1. The van der Waals surface area contributed by atoms with Crippen LogP contribution in [-0.2, 0) is 4.79 Å². The van der Waals surface area contributed by atoms with E-state index >= 15 is 0 Å². The Labute approximate surface area is 166 Å². The van der Waals surface area contributed by atoms with Crippen LogP contribution in [0, 0.1) is 0 Å². The lowest BCUT2D eigenvalue weighted by atomic mass is 10.2. The lowest BCUT2D eigenvalue weighted by Gasteiger charge is -2.10. The van der Waals surface area contributed by atoms with Gasteiger partial charge in [0.05, 0.1) is 13.2 Å². The number of anilines is 2. The van der Waals surface area contributed by atoms with Gasteiger partial charge in [0.1, 0.15) is 5.75 Å². The minimum absolute atomic E-state index is 0.0978. The summed E-state index contributed by atoms with van der Waals surface area (Å²) < 4.78 is 5.53. The second-order valence-corrected chi connectivity index (χ2v) is 6.46. The first-order chi connectivity index (χ1) is 13.6. The number of hydrogen-bond donors (Lipinski definition) is 3. The molecule has 150 valence electrons. The highest BCUT2D eigenvalue weighted by Gasteiger charge is 2.06. The Morgan fingerprint density at radius 2 is 1.57 bits per heavy atom. The zero-order chi connectivity index (χ0) is 20.2. The first kappa shape index (κ1) is 21.3. The van der Waals surface area contributed by atoms with E-state index in [0.717, 1.165) is 30.7 Å². The van der Waals surface area contributed by atoms with E-state index in [0.29, 0.717) is 24.4 Å². The van der Waals surface area contributed by atoms with Crippen LogP contribution in [0.5, 0.6) is 5.75 Å². The summed E-state index contributed by atoms with van der Waals surface area (Å²) in [5.41, 5.74) is 2.08. The lowest BCUT2D eigenvalue weighted by Crippen LogP contribution is -2.24. The van der Waals surface area contributed by atoms with E-state index in [1.807, 2.05) is 24.3 Å². The van der Waals surface area contributed by atoms with Crippen molar-refractivity contribution in [2.45, 2.75) is 33.1 Å². The SMILES string of the molecule is CCCCNC(=O)c1ccc(NC(=O)CNc2ccc(OCCC)cc2)cc1. The van der Waals surface area contributed by atoms with Crippen molar-refractivity contribution in [3.63, 3.8) is 0 Å². The van der Waals surface area contributed by atoms with Crippen LogP contribution < -0.4 is 20.7 Å². The molecule has 2 aromatic rings. The largest absolute Gasteiger partial charge is 0.494 e. The average Bonchev–Trinajstić information content (AvgIpc) is 2.72. The van der Waals surface area contributed by atoms with Gasteiger partial charge in [-0.15, -0.1) is 0 Å². The molecule has 0 spiro atoms. The van der Waals surface area contributed by atoms with Crippen LogP contribution in [0.25, 0.3) is 0 Å². The second-order valence-electron chi connectivity index (χ2n) is 6.46. The summed E-state index contributed by atoms with van der Waals surface area (Å²) in [5.74, 6) is 0.557. The first-order valence-corrected chi connectivity index (χ1v) is 9.77. The summed E-state index contributed by atoms with van der Waals surface area (Å²) >= 11 is 0. The number of carbonyl (C=O) groups excluding carboxylic acids is 2. The van der Waals surface area contributed by atoms with Gasteiger partial charge >= 0.3 is 0 Å². The molecule has 3 N–H and O–H groups in total. The molecule has 0 heterocycles. The molecule has 6 nitrogen and oxygen atoms in total. The Kier molecular flexibility index (Phi) is 8.85. The molecule has 0 saturated carbocycles. The lowest BCUT2D eigenvalue weighted by molar-refractivity contribution is -0.114. The molecule has 28 heavy (non-hydrogen) atoms. The van der Waals surface area contributed by atoms with Crippen molar-refractivity contribution in [2.75, 3.05) is 30.3 Å². The van der Waals surface area contributed by atoms with E-state index in [1.165, 1.54) is 0 Å². The zero-order valence-electron chi connectivity index (χ0n) is 16.6. The van der Waals surface area contributed by atoms with Crippen molar-refractivity contribution in [3.8, 4) is 5.75 Å². The molecule has 0 bridgehead atoms. The van der Waals surface area contributed by atoms with Crippen LogP contribution in [0.1, 0.15) is 43.5 Å². The molecule has 0 fully saturated rings. The minimum atomic E-state index is -0.161. The molecule has 0 aliphatic heterocycles. The van der Waals surface area contributed by atoms with Crippen LogP contribution in [0.2, 0.25) is 0 Å². The third kappa shape index (κ3) is 7.31. The standard InChI is InChI=1S/C22H29N3O3/c1-3-5-14-23-22(27)17-6-8-19(9-7-17)25-21(26)16-24-18-10-12-20(13-11-18)28-15-4-2/h6-13,24H,3-5,14-16H2,1-2H3,(H,23,27)(H,25,26). The van der Waals surface area contributed by atoms with E-state index in [4.69, 9.17) is 4.74 Å². The van der Waals surface area contributed by atoms with Crippen molar-refractivity contribution in [1.82, 2.24) is 5.32 Å². The maximum absolute atomic E-state index is 12.1. The van der Waals surface area contributed by atoms with Gasteiger partial charge in [0.15, 0.2) is 0 Å². The Bertz CT molecular complexity index is 743. The van der Waals surface area contributed by atoms with Gasteiger partial charge in [-0.05, 0) is 61.4 Å². The molecule has 0 atom stereocenters. The monoisotopic (exact) mass is 383 g/mol. The highest BCUT2D eigenvalue weighted by atomic mass is 16.5. The summed E-state index contributed by atoms with van der Waals surface area (Å²) in [6, 6.07) is 14.4. The summed E-state index contributed by atoms with van der Waals surface area (Å²) in [6.07, 6.45) is 2.96. The zero-order valence-corrected chi connectivity index (χ0v) is 16.6. The van der Waals surface area contributed by atoms with Crippen LogP contribution in [-0.4, -0.2) is 31.5 Å². The predicted molar refractivity (Wildman–Crippen MR) is 113 cm³/mol. The van der Waals surface area contributed by atoms with Crippen molar-refractivity contribution in [3.05, 3.63) is 54.1 Å². The molecule has 2 aromatic carbocycles. The Morgan fingerprint density at radius 1 is 0.893 bits per heavy atom. The number of amides is 2. The number of ether oxygens (including phenoxy) is 1. The van der Waals surface area contributed by atoms with Gasteiger partial charge in [-0.2, -0.15) is 0 Å². The molecule has 2 rings (SSSR count). The Morgan fingerprint density at radius 3 is 2.21 bits per heavy atom. The topological polar surface area (TPSA) is 79.5 Å². The number of rotatable bonds is 11. The van der Waals surface area contributed by atoms with Crippen molar-refractivity contribution in [1.29, 1.82) is 0 Å². The fourth-order valence-corrected chi connectivity index (χ4v) is 2.46. The molecule has 0 saturated heterocycles. The molecule has 6 heteroatoms. The van der Waals surface area contributed by atoms with Gasteiger partial charge in [0, 0.05) is 23.5 Å². The number of hydrogen-bond acceptors (Lipinski definition) is 4. The fraction of sp³-hybridized carbons (Fsp3) is 0.364. The number of benzene rings is 2. The molecule has 0 radical (unpaired) electrons. The van der Waals surface area contributed by atoms with E-state index < -0.39 is 0 Å². The van der Waals surface area contributed by atoms with Crippen molar-refractivity contribution >= 4 is 23.2 Å². The fourth-order valence-electron chi connectivity index (χ4n) is 2.46. The van der Waals surface area contributed by atoms with E-state index in [2.05, 4.69) is 29.8 Å². The smallest absolute Gasteiger partial charge is 0.251 e. The maximum Gasteiger partial charge on any atom is 0.251 e. The number of nitrogens with one attached hydrogen (secondary N) is 3. The molecule has 0 aliphatic rings. The van der Waals surface area contributed by atoms with Crippen LogP contribution in [0.15, 0.2) is 48.5 Å². The molecule has 0 unspecified atom stereocenters. The summed E-state index contributed by atoms with van der Waals surface area (Å²) in [5, 5.41) is 8.76. The van der Waals surface area contributed by atoms with Gasteiger partial charge in [-0.3, -0.25) is 9.59 Å². The van der Waals surface area contributed by atoms with Crippen LogP contribution in [0.3, 0.4) is 0 Å². The third-order valence-corrected chi connectivity index (χ3v) is 4.03. The van der Waals surface area contributed by atoms with Gasteiger partial charge in [0.25, 0.3) is 5.91 Å². The first-order valence-electron chi connectivity index (χ1n) is 9.77. The highest BCUT2D eigenvalue weighted by Crippen LogP contribution is 2.16. The van der Waals surface area contributed by atoms with E-state index in [9.17, 15) is 9.59 Å². The quantitative estimate of drug-likeness (QED) is 0.511. The summed E-state index contributed by atoms with van der Waals surface area (Å²) in [7, 11) is 0. The van der Waals surface area contributed by atoms with Gasteiger partial charge in [0.2, 0.25) is 5.91 Å². The number of carbonyl (C=O) groups is 2. The third-order valence-electron chi connectivity index (χ3n) is 4.03. The van der Waals surface area contributed by atoms with Crippen molar-refractivity contribution in [2.24, 2.45) is 0 Å². The van der Waals surface area contributed by atoms with E-state index in [1.54, 1.807) is 24.3 Å². The minimum Gasteiger partial charge on any atom is -0.494 e. The second kappa shape index (κ2) is 11.6. The van der Waals surface area contributed by atoms with Gasteiger partial charge in [-0.25, -0.2) is 0 Å². The maximum atomic E-state index is 12.1. The molecular formula is C22H29N3O3. The normalized spacial score (nSPS) is 10.2. The predicted octanol–water partition coefficient (Wildman–Crippen LogP) is 4.06. The van der Waals surface area contributed by atoms with Crippen molar-refractivity contribution < 1.29 is 14.3 Å². The van der Waals surface area contributed by atoms with Crippen LogP contribution in [0.4, 0.5) is 11.4 Å². The van der Waals surface area contributed by atoms with Gasteiger partial charge in [-0.1, -0.05) is 20.3 Å². The summed E-state index contributed by atoms with van der Waals surface area (Å²) in [4.78, 5) is 24.1. The average molecular weight is 383 g/mol. The molecule has 0 aromatic heterocycles. The molecule has 0 aliphatic carbocycles. The molecule has 2 amide bonds. The Hall–Kier alpha value is -3.02. The summed E-state index contributed by atoms with van der Waals surface area (Å²) in [6.45, 7) is 5.65. The molecular weight excluding hydrogens is 354 g/mol. The van der Waals surface area contributed by atoms with E-state index in [-0.39, 0.29) is 18.4 Å². The highest BCUT2D eigenvalue weighted by molar-refractivity contribution is 5.96.